The molecule has 2 amide bonds. The molecule has 1 atom stereocenters. The average molecular weight is 329 g/mol. The summed E-state index contributed by atoms with van der Waals surface area (Å²) in [6.07, 6.45) is 7.54. The van der Waals surface area contributed by atoms with Crippen LogP contribution in [-0.4, -0.2) is 45.4 Å². The van der Waals surface area contributed by atoms with Crippen LogP contribution in [0.4, 0.5) is 10.5 Å². The van der Waals surface area contributed by atoms with Gasteiger partial charge in [0, 0.05) is 32.5 Å². The highest BCUT2D eigenvalue weighted by Crippen LogP contribution is 2.24. The van der Waals surface area contributed by atoms with Gasteiger partial charge in [-0.2, -0.15) is 5.10 Å². The van der Waals surface area contributed by atoms with Crippen LogP contribution in [0.3, 0.4) is 0 Å². The van der Waals surface area contributed by atoms with Crippen LogP contribution in [-0.2, 0) is 13.5 Å². The van der Waals surface area contributed by atoms with Crippen molar-refractivity contribution in [3.05, 3.63) is 36.3 Å². The minimum Gasteiger partial charge on any atom is -0.476 e. The van der Waals surface area contributed by atoms with Gasteiger partial charge >= 0.3 is 6.03 Å². The zero-order valence-electron chi connectivity index (χ0n) is 14.1. The van der Waals surface area contributed by atoms with Gasteiger partial charge in [-0.1, -0.05) is 0 Å². The minimum atomic E-state index is -0.0994. The number of carbonyl (C=O) groups excluding carboxylic acids is 1. The number of hydrogen-bond acceptors (Lipinski definition) is 4. The van der Waals surface area contributed by atoms with Crippen molar-refractivity contribution in [2.24, 2.45) is 13.0 Å². The fourth-order valence-corrected chi connectivity index (χ4v) is 3.03. The Kier molecular flexibility index (Phi) is 4.98. The number of aryl methyl sites for hydroxylation is 1. The van der Waals surface area contributed by atoms with Crippen molar-refractivity contribution < 1.29 is 9.53 Å². The third kappa shape index (κ3) is 3.84. The molecule has 128 valence electrons. The van der Waals surface area contributed by atoms with Crippen molar-refractivity contribution >= 4 is 11.7 Å². The number of nitrogens with one attached hydrogen (secondary N) is 1. The minimum absolute atomic E-state index is 0.0994. The molecular weight excluding hydrogens is 306 g/mol. The van der Waals surface area contributed by atoms with Crippen LogP contribution in [0.1, 0.15) is 18.9 Å². The predicted octanol–water partition coefficient (Wildman–Crippen LogP) is 2.31. The molecule has 7 nitrogen and oxygen atoms in total. The first kappa shape index (κ1) is 16.3. The summed E-state index contributed by atoms with van der Waals surface area (Å²) in [4.78, 5) is 18.5. The zero-order chi connectivity index (χ0) is 16.9. The van der Waals surface area contributed by atoms with E-state index in [1.807, 2.05) is 35.9 Å². The normalized spacial score (nSPS) is 17.1. The molecule has 1 saturated heterocycles. The maximum Gasteiger partial charge on any atom is 0.322 e. The number of likely N-dealkylation sites (tertiary alicyclic amines) is 1. The van der Waals surface area contributed by atoms with E-state index in [1.54, 1.807) is 18.3 Å². The maximum atomic E-state index is 12.5. The summed E-state index contributed by atoms with van der Waals surface area (Å²) in [7, 11) is 1.92. The van der Waals surface area contributed by atoms with Gasteiger partial charge in [-0.15, -0.1) is 0 Å². The first-order valence-corrected chi connectivity index (χ1v) is 8.27. The molecule has 0 saturated carbocycles. The Morgan fingerprint density at radius 1 is 1.50 bits per heavy atom. The Hall–Kier alpha value is -2.57. The highest BCUT2D eigenvalue weighted by molar-refractivity contribution is 5.90. The number of hydrogen-bond donors (Lipinski definition) is 1. The van der Waals surface area contributed by atoms with E-state index in [-0.39, 0.29) is 6.03 Å². The van der Waals surface area contributed by atoms with Crippen molar-refractivity contribution in [3.63, 3.8) is 0 Å². The second-order valence-electron chi connectivity index (χ2n) is 6.05. The number of pyridine rings is 1. The van der Waals surface area contributed by atoms with E-state index < -0.39 is 0 Å². The number of anilines is 1. The first-order valence-electron chi connectivity index (χ1n) is 8.27. The second kappa shape index (κ2) is 7.33. The largest absolute Gasteiger partial charge is 0.476 e. The first-order chi connectivity index (χ1) is 11.7. The summed E-state index contributed by atoms with van der Waals surface area (Å²) >= 11 is 0. The number of aromatic nitrogens is 3. The molecule has 3 heterocycles. The fraction of sp³-hybridized carbons (Fsp3) is 0.471. The topological polar surface area (TPSA) is 72.3 Å². The van der Waals surface area contributed by atoms with Crippen LogP contribution in [0.25, 0.3) is 0 Å². The lowest BCUT2D eigenvalue weighted by Gasteiger charge is -2.18. The summed E-state index contributed by atoms with van der Waals surface area (Å²) < 4.78 is 7.26. The van der Waals surface area contributed by atoms with E-state index in [9.17, 15) is 4.79 Å². The molecule has 1 aliphatic rings. The molecule has 2 aromatic rings. The summed E-state index contributed by atoms with van der Waals surface area (Å²) in [5.74, 6) is 0.930. The van der Waals surface area contributed by atoms with Gasteiger partial charge in [-0.25, -0.2) is 9.78 Å². The number of rotatable bonds is 5. The van der Waals surface area contributed by atoms with E-state index in [2.05, 4.69) is 15.4 Å². The number of carbonyl (C=O) groups is 1. The zero-order valence-corrected chi connectivity index (χ0v) is 14.1. The smallest absolute Gasteiger partial charge is 0.322 e. The van der Waals surface area contributed by atoms with Gasteiger partial charge in [0.1, 0.15) is 5.69 Å². The van der Waals surface area contributed by atoms with E-state index >= 15 is 0 Å². The number of amides is 2. The molecule has 3 rings (SSSR count). The maximum absolute atomic E-state index is 12.5. The highest BCUT2D eigenvalue weighted by atomic mass is 16.5. The highest BCUT2D eigenvalue weighted by Gasteiger charge is 2.27. The van der Waals surface area contributed by atoms with E-state index in [1.165, 1.54) is 5.56 Å². The van der Waals surface area contributed by atoms with Crippen molar-refractivity contribution in [2.45, 2.75) is 19.8 Å². The summed E-state index contributed by atoms with van der Waals surface area (Å²) in [6.45, 7) is 3.92. The van der Waals surface area contributed by atoms with Crippen molar-refractivity contribution in [3.8, 4) is 5.88 Å². The quantitative estimate of drug-likeness (QED) is 0.914. The Morgan fingerprint density at radius 2 is 2.38 bits per heavy atom. The van der Waals surface area contributed by atoms with Gasteiger partial charge in [-0.05, 0) is 43.4 Å². The molecule has 24 heavy (non-hydrogen) atoms. The van der Waals surface area contributed by atoms with E-state index in [4.69, 9.17) is 4.74 Å². The van der Waals surface area contributed by atoms with E-state index in [0.29, 0.717) is 24.1 Å². The van der Waals surface area contributed by atoms with Crippen molar-refractivity contribution in [2.75, 3.05) is 25.0 Å². The van der Waals surface area contributed by atoms with Gasteiger partial charge in [-0.3, -0.25) is 4.68 Å². The molecule has 0 bridgehead atoms. The van der Waals surface area contributed by atoms with Crippen molar-refractivity contribution in [1.29, 1.82) is 0 Å². The SMILES string of the molecule is CCOc1ncccc1NC(=O)N1CC[C@@H](Cc2cnn(C)c2)C1. The lowest BCUT2D eigenvalue weighted by atomic mass is 10.0. The molecule has 1 aliphatic heterocycles. The Balaban J connectivity index is 1.57. The monoisotopic (exact) mass is 329 g/mol. The third-order valence-corrected chi connectivity index (χ3v) is 4.15. The molecular formula is C17H23N5O2. The molecule has 7 heteroatoms. The standard InChI is InChI=1S/C17H23N5O2/c1-3-24-16-15(5-4-7-18-16)20-17(23)22-8-6-13(12-22)9-14-10-19-21(2)11-14/h4-5,7,10-11,13H,3,6,8-9,12H2,1-2H3,(H,20,23)/t13-/m0/s1. The Bertz CT molecular complexity index is 700. The predicted molar refractivity (Wildman–Crippen MR) is 91.0 cm³/mol. The molecule has 0 unspecified atom stereocenters. The lowest BCUT2D eigenvalue weighted by molar-refractivity contribution is 0.220. The summed E-state index contributed by atoms with van der Waals surface area (Å²) in [5, 5.41) is 7.11. The third-order valence-electron chi connectivity index (χ3n) is 4.15. The van der Waals surface area contributed by atoms with Crippen LogP contribution in [0, 0.1) is 5.92 Å². The summed E-state index contributed by atoms with van der Waals surface area (Å²) in [5.41, 5.74) is 1.83. The van der Waals surface area contributed by atoms with Gasteiger partial charge in [0.05, 0.1) is 12.8 Å². The van der Waals surface area contributed by atoms with Crippen molar-refractivity contribution in [1.82, 2.24) is 19.7 Å². The van der Waals surface area contributed by atoms with Gasteiger partial charge in [0.2, 0.25) is 5.88 Å². The van der Waals surface area contributed by atoms with Gasteiger partial charge < -0.3 is 15.0 Å². The van der Waals surface area contributed by atoms with Gasteiger partial charge in [0.15, 0.2) is 0 Å². The van der Waals surface area contributed by atoms with Crippen LogP contribution in [0.15, 0.2) is 30.7 Å². The molecule has 0 aliphatic carbocycles. The Morgan fingerprint density at radius 3 is 3.12 bits per heavy atom. The Labute approximate surface area is 141 Å². The van der Waals surface area contributed by atoms with Crippen LogP contribution < -0.4 is 10.1 Å². The molecule has 0 radical (unpaired) electrons. The fourth-order valence-electron chi connectivity index (χ4n) is 3.03. The molecule has 1 fully saturated rings. The molecule has 0 aromatic carbocycles. The van der Waals surface area contributed by atoms with Crippen LogP contribution >= 0.6 is 0 Å². The van der Waals surface area contributed by atoms with Crippen LogP contribution in [0.2, 0.25) is 0 Å². The van der Waals surface area contributed by atoms with Gasteiger partial charge in [0.25, 0.3) is 0 Å². The number of urea groups is 1. The molecule has 2 aromatic heterocycles. The molecule has 0 spiro atoms. The molecule has 1 N–H and O–H groups in total. The second-order valence-corrected chi connectivity index (χ2v) is 6.05. The number of ether oxygens (including phenoxy) is 1. The average Bonchev–Trinajstić information content (AvgIpc) is 3.19. The van der Waals surface area contributed by atoms with Crippen LogP contribution in [0.5, 0.6) is 5.88 Å². The van der Waals surface area contributed by atoms with E-state index in [0.717, 1.165) is 25.9 Å². The number of nitrogens with zero attached hydrogens (tertiary/aromatic N) is 4. The lowest BCUT2D eigenvalue weighted by Crippen LogP contribution is -2.33. The summed E-state index contributed by atoms with van der Waals surface area (Å²) in [6, 6.07) is 3.49.